The number of carbonyl (C=O) groups excluding carboxylic acids is 1. The maximum atomic E-state index is 12.1. The van der Waals surface area contributed by atoms with Crippen LogP contribution in [0.3, 0.4) is 0 Å². The molecule has 0 aromatic rings. The third-order valence-corrected chi connectivity index (χ3v) is 3.09. The van der Waals surface area contributed by atoms with Crippen molar-refractivity contribution in [2.45, 2.75) is 53.0 Å². The summed E-state index contributed by atoms with van der Waals surface area (Å²) in [5.41, 5.74) is 0. The molecule has 2 nitrogen and oxygen atoms in total. The fourth-order valence-corrected chi connectivity index (χ4v) is 2.43. The van der Waals surface area contributed by atoms with Crippen molar-refractivity contribution in [3.8, 4) is 0 Å². The van der Waals surface area contributed by atoms with Gasteiger partial charge in [0.25, 0.3) is 0 Å². The van der Waals surface area contributed by atoms with Gasteiger partial charge >= 0.3 is 0 Å². The van der Waals surface area contributed by atoms with E-state index in [0.29, 0.717) is 23.5 Å². The molecule has 0 spiro atoms. The first-order valence-electron chi connectivity index (χ1n) is 6.27. The summed E-state index contributed by atoms with van der Waals surface area (Å²) in [4.78, 5) is 12.1. The lowest BCUT2D eigenvalue weighted by Gasteiger charge is -2.30. The van der Waals surface area contributed by atoms with Crippen LogP contribution >= 0.6 is 0 Å². The number of hydrogen-bond donors (Lipinski definition) is 1. The number of nitrogens with one attached hydrogen (secondary N) is 1. The second-order valence-electron chi connectivity index (χ2n) is 5.65. The van der Waals surface area contributed by atoms with Crippen molar-refractivity contribution in [2.75, 3.05) is 6.54 Å². The van der Waals surface area contributed by atoms with Gasteiger partial charge in [-0.1, -0.05) is 27.7 Å². The van der Waals surface area contributed by atoms with Crippen LogP contribution in [0.4, 0.5) is 0 Å². The number of hydrogen-bond acceptors (Lipinski definition) is 2. The lowest BCUT2D eigenvalue weighted by molar-refractivity contribution is -0.127. The molecule has 15 heavy (non-hydrogen) atoms. The second-order valence-corrected chi connectivity index (χ2v) is 5.65. The maximum Gasteiger partial charge on any atom is 0.152 e. The molecule has 0 bridgehead atoms. The quantitative estimate of drug-likeness (QED) is 0.774. The van der Waals surface area contributed by atoms with E-state index in [1.54, 1.807) is 0 Å². The van der Waals surface area contributed by atoms with Crippen molar-refractivity contribution in [1.29, 1.82) is 0 Å². The highest BCUT2D eigenvalue weighted by molar-refractivity contribution is 5.87. The normalized spacial score (nSPS) is 27.7. The van der Waals surface area contributed by atoms with Crippen molar-refractivity contribution >= 4 is 5.78 Å². The summed E-state index contributed by atoms with van der Waals surface area (Å²) in [6.45, 7) is 9.78. The topological polar surface area (TPSA) is 29.1 Å². The molecule has 1 N–H and O–H groups in total. The van der Waals surface area contributed by atoms with Crippen LogP contribution in [0.15, 0.2) is 0 Å². The largest absolute Gasteiger partial charge is 0.307 e. The molecule has 0 aromatic carbocycles. The van der Waals surface area contributed by atoms with Gasteiger partial charge in [0.1, 0.15) is 0 Å². The highest BCUT2D eigenvalue weighted by Crippen LogP contribution is 2.23. The molecule has 2 atom stereocenters. The molecule has 0 saturated carbocycles. The SMILES string of the molecule is CC(C)CC1CCNC(CC(C)C)C1=O. The van der Waals surface area contributed by atoms with Crippen molar-refractivity contribution < 1.29 is 4.79 Å². The molecule has 1 saturated heterocycles. The van der Waals surface area contributed by atoms with Crippen LogP contribution in [0.25, 0.3) is 0 Å². The minimum atomic E-state index is 0.127. The van der Waals surface area contributed by atoms with Crippen LogP contribution in [-0.4, -0.2) is 18.4 Å². The molecular formula is C13H25NO. The summed E-state index contributed by atoms with van der Waals surface area (Å²) in [6, 6.07) is 0.127. The van der Waals surface area contributed by atoms with Gasteiger partial charge < -0.3 is 5.32 Å². The van der Waals surface area contributed by atoms with E-state index in [0.717, 1.165) is 25.8 Å². The highest BCUT2D eigenvalue weighted by atomic mass is 16.1. The predicted molar refractivity (Wildman–Crippen MR) is 63.8 cm³/mol. The van der Waals surface area contributed by atoms with Gasteiger partial charge in [0.05, 0.1) is 6.04 Å². The third kappa shape index (κ3) is 3.94. The molecule has 1 aliphatic heterocycles. The fraction of sp³-hybridized carbons (Fsp3) is 0.923. The molecule has 1 aliphatic rings. The van der Waals surface area contributed by atoms with E-state index in [2.05, 4.69) is 33.0 Å². The van der Waals surface area contributed by atoms with Gasteiger partial charge in [-0.05, 0) is 37.6 Å². The van der Waals surface area contributed by atoms with Gasteiger partial charge in [-0.25, -0.2) is 0 Å². The molecule has 0 aliphatic carbocycles. The van der Waals surface area contributed by atoms with Crippen molar-refractivity contribution in [3.63, 3.8) is 0 Å². The highest BCUT2D eigenvalue weighted by Gasteiger charge is 2.31. The van der Waals surface area contributed by atoms with Crippen molar-refractivity contribution in [1.82, 2.24) is 5.32 Å². The average molecular weight is 211 g/mol. The Bertz CT molecular complexity index is 191. The fourth-order valence-electron chi connectivity index (χ4n) is 2.43. The van der Waals surface area contributed by atoms with Crippen LogP contribution in [-0.2, 0) is 4.79 Å². The monoisotopic (exact) mass is 211 g/mol. The van der Waals surface area contributed by atoms with E-state index in [-0.39, 0.29) is 6.04 Å². The first kappa shape index (κ1) is 12.7. The number of carbonyl (C=O) groups is 1. The van der Waals surface area contributed by atoms with E-state index < -0.39 is 0 Å². The second kappa shape index (κ2) is 5.64. The number of ketones is 1. The van der Waals surface area contributed by atoms with E-state index >= 15 is 0 Å². The third-order valence-electron chi connectivity index (χ3n) is 3.09. The van der Waals surface area contributed by atoms with Crippen LogP contribution in [0.2, 0.25) is 0 Å². The summed E-state index contributed by atoms with van der Waals surface area (Å²) >= 11 is 0. The summed E-state index contributed by atoms with van der Waals surface area (Å²) in [5, 5.41) is 3.35. The summed E-state index contributed by atoms with van der Waals surface area (Å²) < 4.78 is 0. The predicted octanol–water partition coefficient (Wildman–Crippen LogP) is 2.63. The molecule has 1 rings (SSSR count). The van der Waals surface area contributed by atoms with Gasteiger partial charge in [-0.15, -0.1) is 0 Å². The van der Waals surface area contributed by atoms with Gasteiger partial charge in [-0.3, -0.25) is 4.79 Å². The van der Waals surface area contributed by atoms with E-state index in [1.165, 1.54) is 0 Å². The first-order chi connectivity index (χ1) is 7.00. The zero-order chi connectivity index (χ0) is 11.4. The van der Waals surface area contributed by atoms with Gasteiger partial charge in [0.15, 0.2) is 5.78 Å². The van der Waals surface area contributed by atoms with Crippen LogP contribution in [0.5, 0.6) is 0 Å². The van der Waals surface area contributed by atoms with Crippen LogP contribution < -0.4 is 5.32 Å². The zero-order valence-corrected chi connectivity index (χ0v) is 10.5. The maximum absolute atomic E-state index is 12.1. The summed E-state index contributed by atoms with van der Waals surface area (Å²) in [6.07, 6.45) is 3.09. The minimum absolute atomic E-state index is 0.127. The molecule has 88 valence electrons. The Balaban J connectivity index is 2.51. The molecule has 1 fully saturated rings. The average Bonchev–Trinajstić information content (AvgIpc) is 2.10. The molecule has 1 heterocycles. The van der Waals surface area contributed by atoms with Gasteiger partial charge in [0.2, 0.25) is 0 Å². The molecule has 2 unspecified atom stereocenters. The Labute approximate surface area is 93.8 Å². The Morgan fingerprint density at radius 1 is 1.20 bits per heavy atom. The Hall–Kier alpha value is -0.370. The Morgan fingerprint density at radius 2 is 1.80 bits per heavy atom. The lowest BCUT2D eigenvalue weighted by atomic mass is 9.82. The van der Waals surface area contributed by atoms with E-state index in [4.69, 9.17) is 0 Å². The molecule has 0 radical (unpaired) electrons. The van der Waals surface area contributed by atoms with Crippen molar-refractivity contribution in [3.05, 3.63) is 0 Å². The molecule has 2 heteroatoms. The number of piperidine rings is 1. The zero-order valence-electron chi connectivity index (χ0n) is 10.5. The van der Waals surface area contributed by atoms with E-state index in [1.807, 2.05) is 0 Å². The van der Waals surface area contributed by atoms with Crippen molar-refractivity contribution in [2.24, 2.45) is 17.8 Å². The van der Waals surface area contributed by atoms with Crippen LogP contribution in [0.1, 0.15) is 47.0 Å². The standard InChI is InChI=1S/C13H25NO/c1-9(2)7-11-5-6-14-12(13(11)15)8-10(3)4/h9-12,14H,5-8H2,1-4H3. The minimum Gasteiger partial charge on any atom is -0.307 e. The summed E-state index contributed by atoms with van der Waals surface area (Å²) in [7, 11) is 0. The van der Waals surface area contributed by atoms with Gasteiger partial charge in [0, 0.05) is 5.92 Å². The lowest BCUT2D eigenvalue weighted by Crippen LogP contribution is -2.47. The molecular weight excluding hydrogens is 186 g/mol. The Kier molecular flexibility index (Phi) is 4.78. The Morgan fingerprint density at radius 3 is 2.33 bits per heavy atom. The van der Waals surface area contributed by atoms with Crippen LogP contribution in [0, 0.1) is 17.8 Å². The first-order valence-corrected chi connectivity index (χ1v) is 6.27. The summed E-state index contributed by atoms with van der Waals surface area (Å²) in [5.74, 6) is 2.01. The number of rotatable bonds is 4. The van der Waals surface area contributed by atoms with E-state index in [9.17, 15) is 4.79 Å². The number of Topliss-reactive ketones (excluding diaryl/α,β-unsaturated/α-hetero) is 1. The molecule has 0 aromatic heterocycles. The molecule has 0 amide bonds. The van der Waals surface area contributed by atoms with Gasteiger partial charge in [-0.2, -0.15) is 0 Å². The smallest absolute Gasteiger partial charge is 0.152 e.